The van der Waals surface area contributed by atoms with Crippen LogP contribution in [0.2, 0.25) is 5.02 Å². The zero-order valence-electron chi connectivity index (χ0n) is 12.9. The van der Waals surface area contributed by atoms with Crippen molar-refractivity contribution in [1.29, 1.82) is 0 Å². The monoisotopic (exact) mass is 325 g/mol. The molecule has 0 atom stereocenters. The number of carbonyl (C=O) groups is 2. The summed E-state index contributed by atoms with van der Waals surface area (Å²) in [5, 5.41) is 12.3. The molecule has 1 aromatic rings. The SMILES string of the molecule is CC(C)(C)OC(=O)Nc1ccc(Cl)cc1C1(CC(=O)O)CC1. The number of benzene rings is 1. The zero-order chi connectivity index (χ0) is 16.5. The molecule has 5 nitrogen and oxygen atoms in total. The number of aliphatic carboxylic acids is 1. The molecule has 120 valence electrons. The van der Waals surface area contributed by atoms with E-state index in [2.05, 4.69) is 5.32 Å². The van der Waals surface area contributed by atoms with E-state index in [-0.39, 0.29) is 6.42 Å². The quantitative estimate of drug-likeness (QED) is 0.870. The van der Waals surface area contributed by atoms with Gasteiger partial charge in [-0.3, -0.25) is 10.1 Å². The van der Waals surface area contributed by atoms with Crippen molar-refractivity contribution in [3.63, 3.8) is 0 Å². The van der Waals surface area contributed by atoms with Crippen molar-refractivity contribution < 1.29 is 19.4 Å². The van der Waals surface area contributed by atoms with E-state index in [0.29, 0.717) is 10.7 Å². The van der Waals surface area contributed by atoms with Crippen molar-refractivity contribution in [3.8, 4) is 0 Å². The molecule has 6 heteroatoms. The second-order valence-electron chi connectivity index (χ2n) is 6.67. The van der Waals surface area contributed by atoms with Crippen LogP contribution in [0.1, 0.15) is 45.6 Å². The number of carboxylic acid groups (broad SMARTS) is 1. The van der Waals surface area contributed by atoms with Gasteiger partial charge in [0.1, 0.15) is 5.60 Å². The molecule has 0 bridgehead atoms. The molecule has 1 aromatic carbocycles. The fourth-order valence-electron chi connectivity index (χ4n) is 2.46. The maximum Gasteiger partial charge on any atom is 0.412 e. The van der Waals surface area contributed by atoms with Gasteiger partial charge in [0.2, 0.25) is 0 Å². The fraction of sp³-hybridized carbons (Fsp3) is 0.500. The van der Waals surface area contributed by atoms with Crippen LogP contribution >= 0.6 is 11.6 Å². The summed E-state index contributed by atoms with van der Waals surface area (Å²) in [6, 6.07) is 5.07. The third-order valence-corrected chi connectivity index (χ3v) is 3.77. The standard InChI is InChI=1S/C16H20ClNO4/c1-15(2,3)22-14(21)18-12-5-4-10(17)8-11(12)16(6-7-16)9-13(19)20/h4-5,8H,6-7,9H2,1-3H3,(H,18,21)(H,19,20). The molecule has 0 spiro atoms. The molecule has 1 fully saturated rings. The number of hydrogen-bond acceptors (Lipinski definition) is 3. The lowest BCUT2D eigenvalue weighted by Gasteiger charge is -2.22. The molecule has 0 saturated heterocycles. The van der Waals surface area contributed by atoms with Crippen molar-refractivity contribution in [3.05, 3.63) is 28.8 Å². The second kappa shape index (κ2) is 5.80. The van der Waals surface area contributed by atoms with Crippen LogP contribution in [0.5, 0.6) is 0 Å². The molecule has 0 aliphatic heterocycles. The average Bonchev–Trinajstić information content (AvgIpc) is 3.08. The summed E-state index contributed by atoms with van der Waals surface area (Å²) < 4.78 is 5.24. The maximum absolute atomic E-state index is 12.0. The van der Waals surface area contributed by atoms with Gasteiger partial charge in [0.05, 0.1) is 6.42 Å². The number of nitrogens with one attached hydrogen (secondary N) is 1. The number of carbonyl (C=O) groups excluding carboxylic acids is 1. The van der Waals surface area contributed by atoms with E-state index in [9.17, 15) is 9.59 Å². The summed E-state index contributed by atoms with van der Waals surface area (Å²) in [5.74, 6) is -0.860. The normalized spacial score (nSPS) is 16.0. The fourth-order valence-corrected chi connectivity index (χ4v) is 2.63. The van der Waals surface area contributed by atoms with E-state index < -0.39 is 23.1 Å². The second-order valence-corrected chi connectivity index (χ2v) is 7.10. The van der Waals surface area contributed by atoms with E-state index in [1.165, 1.54) is 0 Å². The first-order valence-corrected chi connectivity index (χ1v) is 7.51. The number of amides is 1. The van der Waals surface area contributed by atoms with Gasteiger partial charge in [0, 0.05) is 16.1 Å². The molecule has 22 heavy (non-hydrogen) atoms. The van der Waals surface area contributed by atoms with Crippen molar-refractivity contribution in [2.75, 3.05) is 5.32 Å². The minimum absolute atomic E-state index is 0.0241. The highest BCUT2D eigenvalue weighted by Gasteiger charge is 2.47. The van der Waals surface area contributed by atoms with E-state index >= 15 is 0 Å². The number of ether oxygens (including phenoxy) is 1. The first-order chi connectivity index (χ1) is 10.1. The third kappa shape index (κ3) is 4.13. The molecule has 1 saturated carbocycles. The van der Waals surface area contributed by atoms with Crippen molar-refractivity contribution in [2.45, 2.75) is 51.0 Å². The minimum Gasteiger partial charge on any atom is -0.481 e. The lowest BCUT2D eigenvalue weighted by Crippen LogP contribution is -2.28. The summed E-state index contributed by atoms with van der Waals surface area (Å²) in [6.45, 7) is 5.34. The Balaban J connectivity index is 2.26. The van der Waals surface area contributed by atoms with Gasteiger partial charge in [-0.2, -0.15) is 0 Å². The molecule has 1 aliphatic carbocycles. The van der Waals surface area contributed by atoms with Crippen molar-refractivity contribution >= 4 is 29.4 Å². The Labute approximate surface area is 134 Å². The summed E-state index contributed by atoms with van der Waals surface area (Å²) in [6.07, 6.45) is 0.990. The van der Waals surface area contributed by atoms with Gasteiger partial charge in [-0.25, -0.2) is 4.79 Å². The Morgan fingerprint density at radius 3 is 2.50 bits per heavy atom. The Kier molecular flexibility index (Phi) is 4.38. The number of halogens is 1. The predicted molar refractivity (Wildman–Crippen MR) is 84.5 cm³/mol. The van der Waals surface area contributed by atoms with Crippen molar-refractivity contribution in [2.24, 2.45) is 0 Å². The maximum atomic E-state index is 12.0. The van der Waals surface area contributed by atoms with Crippen LogP contribution in [0.3, 0.4) is 0 Å². The molecule has 0 unspecified atom stereocenters. The average molecular weight is 326 g/mol. The molecule has 1 aliphatic rings. The van der Waals surface area contributed by atoms with E-state index in [0.717, 1.165) is 18.4 Å². The molecule has 1 amide bonds. The smallest absolute Gasteiger partial charge is 0.412 e. The Morgan fingerprint density at radius 1 is 1.36 bits per heavy atom. The molecular weight excluding hydrogens is 306 g/mol. The van der Waals surface area contributed by atoms with E-state index in [1.807, 2.05) is 0 Å². The van der Waals surface area contributed by atoms with Crippen LogP contribution in [0.4, 0.5) is 10.5 Å². The molecule has 0 heterocycles. The van der Waals surface area contributed by atoms with Crippen molar-refractivity contribution in [1.82, 2.24) is 0 Å². The lowest BCUT2D eigenvalue weighted by atomic mass is 9.91. The molecule has 0 aromatic heterocycles. The number of rotatable bonds is 4. The Hall–Kier alpha value is -1.75. The lowest BCUT2D eigenvalue weighted by molar-refractivity contribution is -0.137. The van der Waals surface area contributed by atoms with Gasteiger partial charge in [0.25, 0.3) is 0 Å². The van der Waals surface area contributed by atoms with Crippen LogP contribution in [-0.4, -0.2) is 22.8 Å². The first-order valence-electron chi connectivity index (χ1n) is 7.13. The molecular formula is C16H20ClNO4. The van der Waals surface area contributed by atoms with Crippen LogP contribution in [0.25, 0.3) is 0 Å². The number of carboxylic acids is 1. The number of hydrogen-bond donors (Lipinski definition) is 2. The predicted octanol–water partition coefficient (Wildman–Crippen LogP) is 4.19. The van der Waals surface area contributed by atoms with Gasteiger partial charge in [0.15, 0.2) is 0 Å². The summed E-state index contributed by atoms with van der Waals surface area (Å²) >= 11 is 6.04. The molecule has 2 N–H and O–H groups in total. The molecule has 2 rings (SSSR count). The van der Waals surface area contributed by atoms with Gasteiger partial charge in [-0.15, -0.1) is 0 Å². The summed E-state index contributed by atoms with van der Waals surface area (Å²) in [7, 11) is 0. The zero-order valence-corrected chi connectivity index (χ0v) is 13.7. The van der Waals surface area contributed by atoms with Gasteiger partial charge >= 0.3 is 12.1 Å². The third-order valence-electron chi connectivity index (χ3n) is 3.53. The highest BCUT2D eigenvalue weighted by molar-refractivity contribution is 6.30. The minimum atomic E-state index is -0.860. The van der Waals surface area contributed by atoms with Crippen LogP contribution in [0, 0.1) is 0 Å². The van der Waals surface area contributed by atoms with Crippen LogP contribution < -0.4 is 5.32 Å². The van der Waals surface area contributed by atoms with Gasteiger partial charge in [-0.1, -0.05) is 11.6 Å². The summed E-state index contributed by atoms with van der Waals surface area (Å²) in [4.78, 5) is 23.0. The van der Waals surface area contributed by atoms with E-state index in [4.69, 9.17) is 21.4 Å². The van der Waals surface area contributed by atoms with Crippen LogP contribution in [-0.2, 0) is 14.9 Å². The van der Waals surface area contributed by atoms with Gasteiger partial charge in [-0.05, 0) is 57.4 Å². The first kappa shape index (κ1) is 16.6. The van der Waals surface area contributed by atoms with Gasteiger partial charge < -0.3 is 9.84 Å². The van der Waals surface area contributed by atoms with Crippen LogP contribution in [0.15, 0.2) is 18.2 Å². The highest BCUT2D eigenvalue weighted by Crippen LogP contribution is 2.53. The summed E-state index contributed by atoms with van der Waals surface area (Å²) in [5.41, 5.74) is 0.265. The topological polar surface area (TPSA) is 75.6 Å². The van der Waals surface area contributed by atoms with E-state index in [1.54, 1.807) is 39.0 Å². The Bertz CT molecular complexity index is 603. The largest absolute Gasteiger partial charge is 0.481 e. The molecule has 0 radical (unpaired) electrons. The Morgan fingerprint density at radius 2 is 2.00 bits per heavy atom. The highest BCUT2D eigenvalue weighted by atomic mass is 35.5. The number of anilines is 1.